The Balaban J connectivity index is 0.000000120. The number of hydrogen-bond acceptors (Lipinski definition) is 10. The zero-order chi connectivity index (χ0) is 78.9. The smallest absolute Gasteiger partial charge is 0.451 e. The van der Waals surface area contributed by atoms with Gasteiger partial charge in [0.1, 0.15) is 46.4 Å². The maximum absolute atomic E-state index is 6.40. The van der Waals surface area contributed by atoms with E-state index in [9.17, 15) is 0 Å². The van der Waals surface area contributed by atoms with E-state index in [2.05, 4.69) is 259 Å². The molecule has 0 bridgehead atoms. The van der Waals surface area contributed by atoms with Gasteiger partial charge in [0.2, 0.25) is 0 Å². The van der Waals surface area contributed by atoms with Gasteiger partial charge < -0.3 is 36.4 Å². The van der Waals surface area contributed by atoms with Crippen molar-refractivity contribution in [2.75, 3.05) is 16.1 Å². The number of furan rings is 1. The second-order valence-corrected chi connectivity index (χ2v) is 31.5. The summed E-state index contributed by atoms with van der Waals surface area (Å²) in [6.07, 6.45) is 12.5. The molecule has 1 aliphatic rings. The first-order valence-corrected chi connectivity index (χ1v) is 41.2. The van der Waals surface area contributed by atoms with Gasteiger partial charge in [0.05, 0.1) is 36.9 Å². The zero-order valence-electron chi connectivity index (χ0n) is 65.0. The zero-order valence-corrected chi connectivity index (χ0v) is 70.6. The topological polar surface area (TPSA) is 136 Å². The van der Waals surface area contributed by atoms with Gasteiger partial charge >= 0.3 is 73.1 Å². The van der Waals surface area contributed by atoms with E-state index in [0.29, 0.717) is 28.9 Å². The summed E-state index contributed by atoms with van der Waals surface area (Å²) < 4.78 is 30.8. The molecule has 11 aromatic carbocycles. The Morgan fingerprint density at radius 2 is 1.05 bits per heavy atom. The molecule has 16 nitrogen and oxygen atoms in total. The van der Waals surface area contributed by atoms with Gasteiger partial charge in [0.25, 0.3) is 0 Å². The Kier molecular flexibility index (Phi) is 21.5. The molecule has 0 spiro atoms. The Morgan fingerprint density at radius 1 is 0.418 bits per heavy atom. The number of pyridine rings is 4. The first-order valence-electron chi connectivity index (χ1n) is 39.2. The molecule has 0 radical (unpaired) electrons. The van der Waals surface area contributed by atoms with Crippen LogP contribution in [-0.2, 0) is 74.5 Å². The van der Waals surface area contributed by atoms with Gasteiger partial charge in [-0.15, -0.1) is 69.8 Å². The minimum Gasteiger partial charge on any atom is -0.451 e. The van der Waals surface area contributed by atoms with Crippen LogP contribution in [0.4, 0.5) is 29.0 Å². The molecule has 0 amide bonds. The van der Waals surface area contributed by atoms with E-state index in [1.165, 1.54) is 16.3 Å². The standard InChI is InChI=1S/C38H22N4O.C35H22N6.C29H22N3O2P.3Pd/c1-2-13-26-25(11-1)12-9-16-27(26)30-17-10-22-36(39-30)42-33-20-7-8-21-34(33)43-35-23-24-37(40-38(35)42)41-31-18-5-3-14-28(31)29-15-4-6-19-32(29)41;1-38-21-8-15-33(38)39-22-20-23-16-18-32(36-34(23)39)41-30-14-7-4-11-26(30)27-17-19-31(37-35(27)41)40-28-12-5-2-9-24(28)25-10-3-6-13-29(25)40;1-4-12-23(13-5-1)21-35(25-16-8-3-9-17-25)22-32(24-14-6-2-7-15-24)29-30-27-26(20-33-28(27)34-29)31-18-10-11-19-31;;;/h1-12,14-18,20-24H;2-12,14,16-22H,1H3;1-12,14-18,20H,21-22H2;;;/q3*-2;3*+2/p+1. The molecule has 12 aromatic heterocycles. The average Bonchev–Trinajstić information content (AvgIpc) is 1.52. The molecule has 1 unspecified atom stereocenters. The van der Waals surface area contributed by atoms with E-state index >= 15 is 0 Å². The largest absolute Gasteiger partial charge is 2.00 e. The van der Waals surface area contributed by atoms with Crippen molar-refractivity contribution < 1.29 is 74.8 Å². The van der Waals surface area contributed by atoms with Gasteiger partial charge in [0.15, 0.2) is 17.3 Å². The third kappa shape index (κ3) is 14.1. The molecule has 0 aliphatic carbocycles. The number of para-hydroxylation sites is 8. The van der Waals surface area contributed by atoms with E-state index in [1.807, 2.05) is 174 Å². The van der Waals surface area contributed by atoms with Crippen molar-refractivity contribution in [2.45, 2.75) is 6.16 Å². The molecule has 13 heterocycles. The average molecular weight is 1870 g/mol. The van der Waals surface area contributed by atoms with Gasteiger partial charge in [-0.3, -0.25) is 14.4 Å². The van der Waals surface area contributed by atoms with Gasteiger partial charge in [-0.05, 0) is 127 Å². The number of benzene rings is 11. The van der Waals surface area contributed by atoms with Gasteiger partial charge in [-0.1, -0.05) is 150 Å². The third-order valence-corrected chi connectivity index (χ3v) is 24.6. The van der Waals surface area contributed by atoms with E-state index in [-0.39, 0.29) is 61.3 Å². The fourth-order valence-corrected chi connectivity index (χ4v) is 19.1. The van der Waals surface area contributed by atoms with E-state index in [0.717, 1.165) is 158 Å². The summed E-state index contributed by atoms with van der Waals surface area (Å²) in [6.45, 7) is 0. The first kappa shape index (κ1) is 78.2. The summed E-state index contributed by atoms with van der Waals surface area (Å²) >= 11 is 0. The Bertz CT molecular complexity index is 7640. The van der Waals surface area contributed by atoms with Crippen molar-refractivity contribution in [3.63, 3.8) is 0 Å². The summed E-state index contributed by atoms with van der Waals surface area (Å²) in [5.41, 5.74) is 13.5. The third-order valence-electron chi connectivity index (χ3n) is 22.0. The predicted octanol–water partition coefficient (Wildman–Crippen LogP) is 23.8. The summed E-state index contributed by atoms with van der Waals surface area (Å²) in [5.74, 6) is 6.62. The second-order valence-electron chi connectivity index (χ2n) is 29.1. The molecule has 20 heteroatoms. The molecule has 23 aromatic rings. The van der Waals surface area contributed by atoms with Crippen LogP contribution in [0.5, 0.6) is 11.5 Å². The van der Waals surface area contributed by atoms with Crippen LogP contribution in [0.1, 0.15) is 5.56 Å². The van der Waals surface area contributed by atoms with Crippen molar-refractivity contribution in [3.05, 3.63) is 401 Å². The van der Waals surface area contributed by atoms with Crippen molar-refractivity contribution in [2.24, 2.45) is 7.05 Å². The summed E-state index contributed by atoms with van der Waals surface area (Å²) in [7, 11) is 0.932. The number of nitrogens with zero attached hydrogens (tertiary/aromatic N) is 13. The van der Waals surface area contributed by atoms with Crippen LogP contribution in [0.15, 0.2) is 367 Å². The SMILES string of the molecule is Cn1cc[c-]c1-n1ccc2ccc(-n3c4ccccc4c4ccc(-n5c6[c-]cccc6c6ccccc65)nc43)nc21.[Pd+2].[Pd+2].[Pd+2].[c-]1cccc2cccc(-c3cccc(N4c5ccccc5Oc5ccc(-n6c7[c-]cccc7c7ccccc76)nc54)n3)c12.[c-]1ccccc1C[PH+](CN(c1ccccc1)c1nc2c(-n3[c-]ccc3)coc2o1)c1ccccc1. The first-order chi connectivity index (χ1) is 58.9. The molecule has 24 rings (SSSR count). The molecule has 592 valence electrons. The molecule has 0 saturated heterocycles. The molecule has 0 fully saturated rings. The summed E-state index contributed by atoms with van der Waals surface area (Å²) in [5, 5.41) is 11.5. The minimum absolute atomic E-state index is 0. The van der Waals surface area contributed by atoms with Crippen LogP contribution < -0.4 is 19.8 Å². The van der Waals surface area contributed by atoms with Gasteiger partial charge in [-0.2, -0.15) is 89.9 Å². The number of hydrogen-bond donors (Lipinski definition) is 0. The van der Waals surface area contributed by atoms with E-state index in [1.54, 1.807) is 6.26 Å². The number of oxazole rings is 1. The molecule has 0 saturated carbocycles. The number of fused-ring (bicyclic) bond motifs is 14. The quantitative estimate of drug-likeness (QED) is 0.0588. The normalized spacial score (nSPS) is 11.9. The fourth-order valence-electron chi connectivity index (χ4n) is 16.5. The van der Waals surface area contributed by atoms with Crippen LogP contribution in [0.2, 0.25) is 0 Å². The number of anilines is 5. The van der Waals surface area contributed by atoms with Crippen molar-refractivity contribution in [3.8, 4) is 51.7 Å². The van der Waals surface area contributed by atoms with Crippen molar-refractivity contribution in [1.29, 1.82) is 0 Å². The number of ether oxygens (including phenoxy) is 1. The maximum Gasteiger partial charge on any atom is 2.00 e. The molecule has 0 N–H and O–H groups in total. The Morgan fingerprint density at radius 3 is 1.79 bits per heavy atom. The van der Waals surface area contributed by atoms with E-state index < -0.39 is 7.92 Å². The van der Waals surface area contributed by atoms with Crippen LogP contribution in [0.3, 0.4) is 0 Å². The van der Waals surface area contributed by atoms with Gasteiger partial charge in [0, 0.05) is 56.3 Å². The van der Waals surface area contributed by atoms with Crippen molar-refractivity contribution >= 4 is 141 Å². The van der Waals surface area contributed by atoms with Crippen LogP contribution in [0.25, 0.3) is 139 Å². The molecular formula is C102H67N13O3PPd3+. The van der Waals surface area contributed by atoms with E-state index in [4.69, 9.17) is 38.5 Å². The molecule has 1 aliphatic heterocycles. The maximum atomic E-state index is 6.40. The number of aromatic nitrogens is 11. The van der Waals surface area contributed by atoms with Gasteiger partial charge in [-0.25, -0.2) is 32.1 Å². The fraction of sp³-hybridized carbons (Fsp3) is 0.0294. The van der Waals surface area contributed by atoms with Crippen LogP contribution in [0, 0.1) is 36.5 Å². The Labute approximate surface area is 743 Å². The monoisotopic (exact) mass is 1870 g/mol. The van der Waals surface area contributed by atoms with Crippen molar-refractivity contribution in [1.82, 2.24) is 52.3 Å². The second kappa shape index (κ2) is 33.5. The molecular weight excluding hydrogens is 1810 g/mol. The van der Waals surface area contributed by atoms with Crippen LogP contribution >= 0.6 is 7.92 Å². The minimum atomic E-state index is -1.09. The number of aryl methyl sites for hydroxylation is 1. The summed E-state index contributed by atoms with van der Waals surface area (Å²) in [6, 6.07) is 131. The molecule has 122 heavy (non-hydrogen) atoms. The van der Waals surface area contributed by atoms with Crippen LogP contribution in [-0.4, -0.2) is 58.6 Å². The predicted molar refractivity (Wildman–Crippen MR) is 477 cm³/mol. The number of rotatable bonds is 14. The molecule has 1 atom stereocenters. The summed E-state index contributed by atoms with van der Waals surface area (Å²) in [4.78, 5) is 30.2. The Hall–Kier alpha value is -13.7.